The minimum absolute atomic E-state index is 0.00116. The van der Waals surface area contributed by atoms with E-state index >= 15 is 0 Å². The second kappa shape index (κ2) is 3.61. The molecule has 70 valence electrons. The summed E-state index contributed by atoms with van der Waals surface area (Å²) >= 11 is 0. The Bertz CT molecular complexity index is 331. The van der Waals surface area contributed by atoms with Crippen LogP contribution in [0.1, 0.15) is 10.6 Å². The zero-order chi connectivity index (χ0) is 9.84. The highest BCUT2D eigenvalue weighted by Gasteiger charge is 2.10. The Balaban J connectivity index is 2.54. The highest BCUT2D eigenvalue weighted by molar-refractivity contribution is 5.93. The number of nitrogens with two attached hydrogens (primary N) is 1. The van der Waals surface area contributed by atoms with Crippen LogP contribution in [-0.2, 0) is 4.79 Å². The second-order valence-corrected chi connectivity index (χ2v) is 2.28. The number of hydrogen-bond donors (Lipinski definition) is 3. The molecule has 0 aliphatic rings. The van der Waals surface area contributed by atoms with Gasteiger partial charge in [0.25, 0.3) is 5.91 Å². The van der Waals surface area contributed by atoms with Crippen molar-refractivity contribution in [1.82, 2.24) is 5.32 Å². The molecule has 0 aromatic carbocycles. The van der Waals surface area contributed by atoms with Gasteiger partial charge in [-0.1, -0.05) is 0 Å². The van der Waals surface area contributed by atoms with E-state index in [1.165, 1.54) is 12.1 Å². The molecule has 1 rings (SSSR count). The van der Waals surface area contributed by atoms with Crippen molar-refractivity contribution < 1.29 is 19.1 Å². The van der Waals surface area contributed by atoms with E-state index < -0.39 is 18.4 Å². The lowest BCUT2D eigenvalue weighted by atomic mass is 10.4. The Morgan fingerprint density at radius 1 is 1.54 bits per heavy atom. The van der Waals surface area contributed by atoms with Crippen molar-refractivity contribution in [3.05, 3.63) is 17.9 Å². The molecule has 6 nitrogen and oxygen atoms in total. The van der Waals surface area contributed by atoms with Gasteiger partial charge in [0, 0.05) is 6.07 Å². The average molecular weight is 184 g/mol. The molecule has 0 spiro atoms. The Hall–Kier alpha value is -1.98. The lowest BCUT2D eigenvalue weighted by Crippen LogP contribution is -2.28. The molecule has 0 fully saturated rings. The predicted molar refractivity (Wildman–Crippen MR) is 43.1 cm³/mol. The van der Waals surface area contributed by atoms with Crippen molar-refractivity contribution in [2.75, 3.05) is 12.3 Å². The minimum atomic E-state index is -1.12. The molecule has 0 bridgehead atoms. The summed E-state index contributed by atoms with van der Waals surface area (Å²) in [6, 6.07) is 2.78. The number of amides is 1. The maximum absolute atomic E-state index is 11.0. The van der Waals surface area contributed by atoms with Crippen LogP contribution in [0, 0.1) is 0 Å². The quantitative estimate of drug-likeness (QED) is 0.596. The van der Waals surface area contributed by atoms with Gasteiger partial charge in [0.15, 0.2) is 11.6 Å². The first-order chi connectivity index (χ1) is 6.09. The van der Waals surface area contributed by atoms with Gasteiger partial charge < -0.3 is 20.6 Å². The SMILES string of the molecule is Nc1ccc(C(=O)NCC(=O)O)o1. The van der Waals surface area contributed by atoms with Crippen LogP contribution in [0.25, 0.3) is 0 Å². The predicted octanol–water partition coefficient (Wildman–Crippen LogP) is -0.324. The smallest absolute Gasteiger partial charge is 0.322 e. The number of aliphatic carboxylic acids is 1. The number of carbonyl (C=O) groups is 2. The van der Waals surface area contributed by atoms with Crippen LogP contribution >= 0.6 is 0 Å². The number of carbonyl (C=O) groups excluding carboxylic acids is 1. The Kier molecular flexibility index (Phi) is 2.53. The van der Waals surface area contributed by atoms with Crippen LogP contribution in [0.5, 0.6) is 0 Å². The molecule has 0 unspecified atom stereocenters. The Labute approximate surface area is 73.3 Å². The van der Waals surface area contributed by atoms with E-state index in [1.807, 2.05) is 0 Å². The molecular formula is C7H8N2O4. The molecule has 1 heterocycles. The van der Waals surface area contributed by atoms with Gasteiger partial charge in [-0.2, -0.15) is 0 Å². The molecular weight excluding hydrogens is 176 g/mol. The summed E-state index contributed by atoms with van der Waals surface area (Å²) in [5.41, 5.74) is 5.21. The summed E-state index contributed by atoms with van der Waals surface area (Å²) in [7, 11) is 0. The summed E-state index contributed by atoms with van der Waals surface area (Å²) in [6.45, 7) is -0.445. The van der Waals surface area contributed by atoms with E-state index in [0.717, 1.165) is 0 Å². The fraction of sp³-hybridized carbons (Fsp3) is 0.143. The number of carboxylic acid groups (broad SMARTS) is 1. The number of furan rings is 1. The zero-order valence-corrected chi connectivity index (χ0v) is 6.61. The third-order valence-electron chi connectivity index (χ3n) is 1.25. The van der Waals surface area contributed by atoms with Gasteiger partial charge in [0.05, 0.1) is 0 Å². The number of nitrogen functional groups attached to an aromatic ring is 1. The number of carboxylic acids is 1. The molecule has 0 saturated heterocycles. The minimum Gasteiger partial charge on any atom is -0.480 e. The summed E-state index contributed by atoms with van der Waals surface area (Å²) in [4.78, 5) is 21.1. The molecule has 1 aromatic rings. The summed E-state index contributed by atoms with van der Waals surface area (Å²) in [5.74, 6) is -1.61. The number of nitrogens with one attached hydrogen (secondary N) is 1. The summed E-state index contributed by atoms with van der Waals surface area (Å²) in [5, 5.41) is 10.4. The third kappa shape index (κ3) is 2.51. The largest absolute Gasteiger partial charge is 0.480 e. The van der Waals surface area contributed by atoms with Crippen molar-refractivity contribution in [3.63, 3.8) is 0 Å². The van der Waals surface area contributed by atoms with Crippen molar-refractivity contribution >= 4 is 17.8 Å². The average Bonchev–Trinajstić information content (AvgIpc) is 2.47. The van der Waals surface area contributed by atoms with E-state index in [4.69, 9.17) is 15.3 Å². The van der Waals surface area contributed by atoms with Crippen molar-refractivity contribution in [1.29, 1.82) is 0 Å². The highest BCUT2D eigenvalue weighted by atomic mass is 16.4. The number of rotatable bonds is 3. The van der Waals surface area contributed by atoms with Gasteiger partial charge in [0.1, 0.15) is 6.54 Å². The summed E-state index contributed by atoms with van der Waals surface area (Å²) in [6.07, 6.45) is 0. The highest BCUT2D eigenvalue weighted by Crippen LogP contribution is 2.08. The first kappa shape index (κ1) is 9.11. The van der Waals surface area contributed by atoms with Crippen LogP contribution in [-0.4, -0.2) is 23.5 Å². The number of anilines is 1. The van der Waals surface area contributed by atoms with Crippen molar-refractivity contribution in [3.8, 4) is 0 Å². The van der Waals surface area contributed by atoms with E-state index in [1.54, 1.807) is 0 Å². The van der Waals surface area contributed by atoms with E-state index in [0.29, 0.717) is 0 Å². The van der Waals surface area contributed by atoms with Gasteiger partial charge in [-0.25, -0.2) is 0 Å². The number of hydrogen-bond acceptors (Lipinski definition) is 4. The van der Waals surface area contributed by atoms with Gasteiger partial charge in [-0.15, -0.1) is 0 Å². The Morgan fingerprint density at radius 3 is 2.69 bits per heavy atom. The molecule has 0 radical (unpaired) electrons. The molecule has 0 aliphatic carbocycles. The monoisotopic (exact) mass is 184 g/mol. The lowest BCUT2D eigenvalue weighted by Gasteiger charge is -1.97. The third-order valence-corrected chi connectivity index (χ3v) is 1.25. The standard InChI is InChI=1S/C7H8N2O4/c8-5-2-1-4(13-5)7(12)9-3-6(10)11/h1-2H,3,8H2,(H,9,12)(H,10,11). The van der Waals surface area contributed by atoms with Gasteiger partial charge in [0.2, 0.25) is 0 Å². The van der Waals surface area contributed by atoms with Gasteiger partial charge in [-0.05, 0) is 6.07 Å². The second-order valence-electron chi connectivity index (χ2n) is 2.28. The van der Waals surface area contributed by atoms with Crippen molar-refractivity contribution in [2.45, 2.75) is 0 Å². The van der Waals surface area contributed by atoms with Crippen LogP contribution < -0.4 is 11.1 Å². The molecule has 0 aliphatic heterocycles. The molecule has 6 heteroatoms. The zero-order valence-electron chi connectivity index (χ0n) is 6.61. The van der Waals surface area contributed by atoms with Crippen LogP contribution in [0.15, 0.2) is 16.5 Å². The van der Waals surface area contributed by atoms with Crippen LogP contribution in [0.3, 0.4) is 0 Å². The van der Waals surface area contributed by atoms with Crippen LogP contribution in [0.4, 0.5) is 5.88 Å². The molecule has 4 N–H and O–H groups in total. The lowest BCUT2D eigenvalue weighted by molar-refractivity contribution is -0.135. The van der Waals surface area contributed by atoms with E-state index in [9.17, 15) is 9.59 Å². The maximum Gasteiger partial charge on any atom is 0.322 e. The van der Waals surface area contributed by atoms with E-state index in [2.05, 4.69) is 5.32 Å². The molecule has 0 saturated carbocycles. The molecule has 0 atom stereocenters. The first-order valence-corrected chi connectivity index (χ1v) is 3.45. The first-order valence-electron chi connectivity index (χ1n) is 3.45. The van der Waals surface area contributed by atoms with E-state index in [-0.39, 0.29) is 11.6 Å². The molecule has 13 heavy (non-hydrogen) atoms. The maximum atomic E-state index is 11.0. The molecule has 1 aromatic heterocycles. The van der Waals surface area contributed by atoms with Gasteiger partial charge in [-0.3, -0.25) is 9.59 Å². The normalized spacial score (nSPS) is 9.54. The van der Waals surface area contributed by atoms with Crippen molar-refractivity contribution in [2.24, 2.45) is 0 Å². The van der Waals surface area contributed by atoms with Gasteiger partial charge >= 0.3 is 5.97 Å². The molecule has 1 amide bonds. The topological polar surface area (TPSA) is 106 Å². The van der Waals surface area contributed by atoms with Crippen LogP contribution in [0.2, 0.25) is 0 Å². The fourth-order valence-corrected chi connectivity index (χ4v) is 0.718. The Morgan fingerprint density at radius 2 is 2.23 bits per heavy atom. The fourth-order valence-electron chi connectivity index (χ4n) is 0.718. The summed E-state index contributed by atoms with van der Waals surface area (Å²) < 4.78 is 4.75.